The van der Waals surface area contributed by atoms with Gasteiger partial charge in [-0.1, -0.05) is 12.1 Å². The first kappa shape index (κ1) is 9.03. The molecule has 1 aromatic carbocycles. The van der Waals surface area contributed by atoms with Gasteiger partial charge in [-0.2, -0.15) is 0 Å². The number of rotatable bonds is 2. The van der Waals surface area contributed by atoms with E-state index in [1.807, 2.05) is 0 Å². The molecule has 3 N–H and O–H groups in total. The van der Waals surface area contributed by atoms with E-state index in [0.717, 1.165) is 0 Å². The van der Waals surface area contributed by atoms with Gasteiger partial charge in [-0.3, -0.25) is 4.79 Å². The molecule has 0 saturated heterocycles. The summed E-state index contributed by atoms with van der Waals surface area (Å²) in [4.78, 5) is 10.6. The lowest BCUT2D eigenvalue weighted by molar-refractivity contribution is -0.112. The molecule has 0 aromatic heterocycles. The predicted molar refractivity (Wildman–Crippen MR) is 45.9 cm³/mol. The Hall–Kier alpha value is -1.06. The molecule has 0 aliphatic heterocycles. The summed E-state index contributed by atoms with van der Waals surface area (Å²) in [6.45, 7) is 0. The lowest BCUT2D eigenvalue weighted by atomic mass is 10.1. The predicted octanol–water partition coefficient (Wildman–Crippen LogP) is 1.16. The molecule has 0 fully saturated rings. The van der Waals surface area contributed by atoms with E-state index in [1.54, 1.807) is 12.1 Å². The van der Waals surface area contributed by atoms with Gasteiger partial charge in [-0.05, 0) is 29.3 Å². The summed E-state index contributed by atoms with van der Waals surface area (Å²) >= 11 is 5.18. The fraction of sp³-hybridized carbons (Fsp3) is 0.125. The number of carbonyl (C=O) groups excluding carboxylic acids is 1. The minimum absolute atomic E-state index is 0.132. The van der Waals surface area contributed by atoms with E-state index in [4.69, 9.17) is 22.4 Å². The van der Waals surface area contributed by atoms with Crippen LogP contribution in [0.1, 0.15) is 11.6 Å². The highest BCUT2D eigenvalue weighted by Crippen LogP contribution is 2.16. The molecule has 1 aromatic rings. The molecule has 0 heterocycles. The van der Waals surface area contributed by atoms with Crippen molar-refractivity contribution >= 4 is 16.8 Å². The first-order valence-corrected chi connectivity index (χ1v) is 3.73. The number of halogens is 1. The molecule has 12 heavy (non-hydrogen) atoms. The SMILES string of the molecule is N[C@@H](C(=O)Cl)c1ccc(O)cc1. The van der Waals surface area contributed by atoms with Gasteiger partial charge in [-0.25, -0.2) is 0 Å². The molecule has 64 valence electrons. The smallest absolute Gasteiger partial charge is 0.242 e. The second-order valence-corrected chi connectivity index (χ2v) is 2.75. The van der Waals surface area contributed by atoms with Crippen LogP contribution in [0.4, 0.5) is 0 Å². The molecule has 0 spiro atoms. The number of benzene rings is 1. The zero-order chi connectivity index (χ0) is 9.14. The van der Waals surface area contributed by atoms with Crippen LogP contribution in [0.2, 0.25) is 0 Å². The molecule has 0 aliphatic carbocycles. The maximum atomic E-state index is 10.6. The number of hydrogen-bond acceptors (Lipinski definition) is 3. The molecule has 1 rings (SSSR count). The van der Waals surface area contributed by atoms with E-state index in [-0.39, 0.29) is 5.75 Å². The zero-order valence-electron chi connectivity index (χ0n) is 6.20. The van der Waals surface area contributed by atoms with Crippen LogP contribution in [0.3, 0.4) is 0 Å². The van der Waals surface area contributed by atoms with Gasteiger partial charge in [0.05, 0.1) is 0 Å². The van der Waals surface area contributed by atoms with Crippen LogP contribution in [0, 0.1) is 0 Å². The van der Waals surface area contributed by atoms with E-state index in [0.29, 0.717) is 5.56 Å². The fourth-order valence-electron chi connectivity index (χ4n) is 0.813. The van der Waals surface area contributed by atoms with Gasteiger partial charge in [-0.15, -0.1) is 0 Å². The Bertz CT molecular complexity index is 284. The third kappa shape index (κ3) is 1.96. The summed E-state index contributed by atoms with van der Waals surface area (Å²) < 4.78 is 0. The lowest BCUT2D eigenvalue weighted by Gasteiger charge is -2.05. The second-order valence-electron chi connectivity index (χ2n) is 2.37. The van der Waals surface area contributed by atoms with Gasteiger partial charge in [0.15, 0.2) is 0 Å². The standard InChI is InChI=1S/C8H8ClNO2/c9-8(12)7(10)5-1-3-6(11)4-2-5/h1-4,7,11H,10H2/t7-/m1/s1. The molecular formula is C8H8ClNO2. The Morgan fingerprint density at radius 3 is 2.33 bits per heavy atom. The van der Waals surface area contributed by atoms with Gasteiger partial charge in [0.1, 0.15) is 11.8 Å². The summed E-state index contributed by atoms with van der Waals surface area (Å²) in [5.41, 5.74) is 6.02. The maximum absolute atomic E-state index is 10.6. The normalized spacial score (nSPS) is 12.5. The van der Waals surface area contributed by atoms with Crippen LogP contribution in [-0.2, 0) is 4.79 Å². The second kappa shape index (κ2) is 3.56. The molecule has 0 amide bonds. The first-order valence-electron chi connectivity index (χ1n) is 3.35. The Kier molecular flexibility index (Phi) is 2.68. The maximum Gasteiger partial charge on any atom is 0.242 e. The van der Waals surface area contributed by atoms with Crippen molar-refractivity contribution in [2.45, 2.75) is 6.04 Å². The molecular weight excluding hydrogens is 178 g/mol. The van der Waals surface area contributed by atoms with Crippen LogP contribution < -0.4 is 5.73 Å². The number of aromatic hydroxyl groups is 1. The van der Waals surface area contributed by atoms with Gasteiger partial charge in [0.2, 0.25) is 5.24 Å². The molecule has 0 aliphatic rings. The minimum Gasteiger partial charge on any atom is -0.508 e. The van der Waals surface area contributed by atoms with Crippen LogP contribution in [0.15, 0.2) is 24.3 Å². The third-order valence-corrected chi connectivity index (χ3v) is 1.73. The van der Waals surface area contributed by atoms with Crippen molar-refractivity contribution in [3.8, 4) is 5.75 Å². The van der Waals surface area contributed by atoms with E-state index in [1.165, 1.54) is 12.1 Å². The van der Waals surface area contributed by atoms with Crippen LogP contribution in [-0.4, -0.2) is 10.3 Å². The molecule has 0 radical (unpaired) electrons. The number of phenols is 1. The van der Waals surface area contributed by atoms with Crippen molar-refractivity contribution in [2.75, 3.05) is 0 Å². The largest absolute Gasteiger partial charge is 0.508 e. The fourth-order valence-corrected chi connectivity index (χ4v) is 0.939. The van der Waals surface area contributed by atoms with Crippen molar-refractivity contribution in [2.24, 2.45) is 5.73 Å². The van der Waals surface area contributed by atoms with Crippen molar-refractivity contribution in [3.05, 3.63) is 29.8 Å². The Balaban J connectivity index is 2.89. The quantitative estimate of drug-likeness (QED) is 0.680. The van der Waals surface area contributed by atoms with E-state index in [9.17, 15) is 4.79 Å². The zero-order valence-corrected chi connectivity index (χ0v) is 6.95. The van der Waals surface area contributed by atoms with E-state index >= 15 is 0 Å². The number of hydrogen-bond donors (Lipinski definition) is 2. The summed E-state index contributed by atoms with van der Waals surface area (Å²) in [7, 11) is 0. The number of nitrogens with two attached hydrogens (primary N) is 1. The molecule has 0 unspecified atom stereocenters. The molecule has 3 nitrogen and oxygen atoms in total. The average molecular weight is 186 g/mol. The summed E-state index contributed by atoms with van der Waals surface area (Å²) in [6.07, 6.45) is 0. The molecule has 0 saturated carbocycles. The van der Waals surface area contributed by atoms with Gasteiger partial charge in [0.25, 0.3) is 0 Å². The molecule has 4 heteroatoms. The van der Waals surface area contributed by atoms with E-state index < -0.39 is 11.3 Å². The Labute approximate surface area is 74.8 Å². The third-order valence-electron chi connectivity index (χ3n) is 1.50. The average Bonchev–Trinajstić information content (AvgIpc) is 2.04. The summed E-state index contributed by atoms with van der Waals surface area (Å²) in [6, 6.07) is 5.21. The minimum atomic E-state index is -0.813. The topological polar surface area (TPSA) is 63.3 Å². The summed E-state index contributed by atoms with van der Waals surface area (Å²) in [5, 5.41) is 8.31. The van der Waals surface area contributed by atoms with Crippen LogP contribution in [0.5, 0.6) is 5.75 Å². The highest BCUT2D eigenvalue weighted by atomic mass is 35.5. The van der Waals surface area contributed by atoms with Gasteiger partial charge in [0, 0.05) is 0 Å². The monoisotopic (exact) mass is 185 g/mol. The highest BCUT2D eigenvalue weighted by molar-refractivity contribution is 6.64. The van der Waals surface area contributed by atoms with Gasteiger partial charge < -0.3 is 10.8 Å². The van der Waals surface area contributed by atoms with Crippen LogP contribution >= 0.6 is 11.6 Å². The first-order chi connectivity index (χ1) is 5.61. The summed E-state index contributed by atoms with van der Waals surface area (Å²) in [5.74, 6) is 0.132. The van der Waals surface area contributed by atoms with Gasteiger partial charge >= 0.3 is 0 Å². The van der Waals surface area contributed by atoms with E-state index in [2.05, 4.69) is 0 Å². The van der Waals surface area contributed by atoms with Crippen molar-refractivity contribution in [1.82, 2.24) is 0 Å². The van der Waals surface area contributed by atoms with Crippen molar-refractivity contribution in [1.29, 1.82) is 0 Å². The highest BCUT2D eigenvalue weighted by Gasteiger charge is 2.12. The number of carbonyl (C=O) groups is 1. The lowest BCUT2D eigenvalue weighted by Crippen LogP contribution is -2.16. The van der Waals surface area contributed by atoms with Crippen molar-refractivity contribution in [3.63, 3.8) is 0 Å². The molecule has 0 bridgehead atoms. The number of phenolic OH excluding ortho intramolecular Hbond substituents is 1. The van der Waals surface area contributed by atoms with Crippen LogP contribution in [0.25, 0.3) is 0 Å². The van der Waals surface area contributed by atoms with Crippen molar-refractivity contribution < 1.29 is 9.90 Å². The Morgan fingerprint density at radius 1 is 1.42 bits per heavy atom. The Morgan fingerprint density at radius 2 is 1.92 bits per heavy atom. The molecule has 1 atom stereocenters.